The fraction of sp³-hybridized carbons (Fsp3) is 0.406. The van der Waals surface area contributed by atoms with Gasteiger partial charge in [-0.25, -0.2) is 15.0 Å². The lowest BCUT2D eigenvalue weighted by molar-refractivity contribution is -0.137. The molecule has 2 aromatic carbocycles. The van der Waals surface area contributed by atoms with Crippen molar-refractivity contribution in [2.24, 2.45) is 0 Å². The predicted octanol–water partition coefficient (Wildman–Crippen LogP) is 5.93. The Kier molecular flexibility index (Phi) is 8.56. The Morgan fingerprint density at radius 2 is 1.93 bits per heavy atom. The Bertz CT molecular complexity index is 1570. The molecule has 45 heavy (non-hydrogen) atoms. The summed E-state index contributed by atoms with van der Waals surface area (Å²) in [6.07, 6.45) is 1.11. The van der Waals surface area contributed by atoms with Crippen LogP contribution in [0.15, 0.2) is 61.4 Å². The molecule has 0 radical (unpaired) electrons. The maximum Gasteiger partial charge on any atom is 0.416 e. The van der Waals surface area contributed by atoms with Crippen LogP contribution in [0.3, 0.4) is 0 Å². The van der Waals surface area contributed by atoms with Gasteiger partial charge >= 0.3 is 6.18 Å². The SMILES string of the molecule is C=CC(=O)Nc1cc(Nc2cc(N3OCC[C@@H]3c3cccc(C(F)(F)F)c3)ncn2)c(OC)cc1N1CCN(C2CC2)[C@@H](C)C1. The summed E-state index contributed by atoms with van der Waals surface area (Å²) >= 11 is 0. The standard InChI is InChI=1S/C32H36F3N7O3/c1-4-31(43)39-24-15-25(28(44-3)16-27(24)40-11-12-41(20(2)18-40)23-8-9-23)38-29-17-30(37-19-36-29)42-26(10-13-45-42)21-6-5-7-22(14-21)32(33,34)35/h4-7,14-17,19-20,23,26H,1,8-13,18H2,2-3H3,(H,39,43)(H,36,37,38)/t20-,26+/m0/s1. The molecule has 3 heterocycles. The van der Waals surface area contributed by atoms with Gasteiger partial charge in [0.05, 0.1) is 42.4 Å². The van der Waals surface area contributed by atoms with Crippen molar-refractivity contribution >= 4 is 34.6 Å². The number of hydrogen-bond acceptors (Lipinski definition) is 9. The number of amides is 1. The Morgan fingerprint density at radius 1 is 1.11 bits per heavy atom. The van der Waals surface area contributed by atoms with Crippen molar-refractivity contribution in [2.45, 2.75) is 50.5 Å². The predicted molar refractivity (Wildman–Crippen MR) is 166 cm³/mol. The van der Waals surface area contributed by atoms with Gasteiger partial charge in [-0.1, -0.05) is 18.7 Å². The van der Waals surface area contributed by atoms with E-state index in [1.807, 2.05) is 6.07 Å². The molecular weight excluding hydrogens is 587 g/mol. The van der Waals surface area contributed by atoms with E-state index in [2.05, 4.69) is 43.9 Å². The minimum Gasteiger partial charge on any atom is -0.494 e. The van der Waals surface area contributed by atoms with Crippen LogP contribution in [0.4, 0.5) is 41.9 Å². The van der Waals surface area contributed by atoms with Gasteiger partial charge < -0.3 is 20.3 Å². The number of carbonyl (C=O) groups excluding carboxylic acids is 1. The number of rotatable bonds is 9. The number of nitrogens with zero attached hydrogens (tertiary/aromatic N) is 5. The van der Waals surface area contributed by atoms with E-state index < -0.39 is 17.8 Å². The summed E-state index contributed by atoms with van der Waals surface area (Å²) in [4.78, 5) is 31.8. The first kappa shape index (κ1) is 30.7. The molecule has 0 spiro atoms. The highest BCUT2D eigenvalue weighted by atomic mass is 19.4. The Hall–Kier alpha value is -4.36. The largest absolute Gasteiger partial charge is 0.494 e. The van der Waals surface area contributed by atoms with Crippen LogP contribution in [-0.4, -0.2) is 66.2 Å². The molecule has 10 nitrogen and oxygen atoms in total. The van der Waals surface area contributed by atoms with Crippen LogP contribution in [0.1, 0.15) is 43.4 Å². The monoisotopic (exact) mass is 623 g/mol. The second-order valence-corrected chi connectivity index (χ2v) is 11.5. The molecule has 1 aromatic heterocycles. The molecule has 0 bridgehead atoms. The first-order valence-corrected chi connectivity index (χ1v) is 15.0. The average molecular weight is 624 g/mol. The summed E-state index contributed by atoms with van der Waals surface area (Å²) in [7, 11) is 1.57. The molecule has 0 unspecified atom stereocenters. The van der Waals surface area contributed by atoms with Crippen LogP contribution < -0.4 is 25.3 Å². The van der Waals surface area contributed by atoms with Crippen LogP contribution in [0.25, 0.3) is 0 Å². The maximum absolute atomic E-state index is 13.4. The molecule has 1 saturated carbocycles. The fourth-order valence-electron chi connectivity index (χ4n) is 6.11. The lowest BCUT2D eigenvalue weighted by Crippen LogP contribution is -2.52. The van der Waals surface area contributed by atoms with Crippen molar-refractivity contribution in [2.75, 3.05) is 53.9 Å². The number of piperazine rings is 1. The van der Waals surface area contributed by atoms with Crippen LogP contribution in [0.5, 0.6) is 5.75 Å². The number of hydroxylamine groups is 1. The van der Waals surface area contributed by atoms with Gasteiger partial charge in [0.1, 0.15) is 17.9 Å². The van der Waals surface area contributed by atoms with E-state index in [1.54, 1.807) is 25.3 Å². The van der Waals surface area contributed by atoms with Crippen molar-refractivity contribution in [3.63, 3.8) is 0 Å². The number of alkyl halides is 3. The molecule has 1 aliphatic carbocycles. The molecule has 2 saturated heterocycles. The minimum atomic E-state index is -4.45. The van der Waals surface area contributed by atoms with Gasteiger partial charge in [0, 0.05) is 50.3 Å². The quantitative estimate of drug-likeness (QED) is 0.282. The third-order valence-electron chi connectivity index (χ3n) is 8.44. The summed E-state index contributed by atoms with van der Waals surface area (Å²) in [5.41, 5.74) is 1.74. The minimum absolute atomic E-state index is 0.322. The van der Waals surface area contributed by atoms with E-state index in [-0.39, 0.29) is 5.91 Å². The number of nitrogens with one attached hydrogen (secondary N) is 2. The molecule has 2 N–H and O–H groups in total. The third-order valence-corrected chi connectivity index (χ3v) is 8.44. The molecule has 1 amide bonds. The topological polar surface area (TPSA) is 95.1 Å². The zero-order chi connectivity index (χ0) is 31.7. The van der Waals surface area contributed by atoms with Crippen molar-refractivity contribution in [1.82, 2.24) is 14.9 Å². The van der Waals surface area contributed by atoms with Crippen LogP contribution in [0, 0.1) is 0 Å². The number of benzene rings is 2. The number of halogens is 3. The van der Waals surface area contributed by atoms with Gasteiger partial charge in [-0.2, -0.15) is 13.2 Å². The first-order valence-electron chi connectivity index (χ1n) is 15.0. The summed E-state index contributed by atoms with van der Waals surface area (Å²) in [6.45, 7) is 8.71. The third kappa shape index (κ3) is 6.69. The second kappa shape index (κ2) is 12.6. The van der Waals surface area contributed by atoms with E-state index in [0.717, 1.165) is 37.5 Å². The Labute approximate surface area is 259 Å². The number of ether oxygens (including phenoxy) is 1. The normalized spacial score (nSPS) is 20.6. The van der Waals surface area contributed by atoms with E-state index in [9.17, 15) is 18.0 Å². The summed E-state index contributed by atoms with van der Waals surface area (Å²) in [6, 6.07) is 11.2. The van der Waals surface area contributed by atoms with E-state index in [0.29, 0.717) is 59.4 Å². The highest BCUT2D eigenvalue weighted by Gasteiger charge is 2.36. The fourth-order valence-corrected chi connectivity index (χ4v) is 6.11. The van der Waals surface area contributed by atoms with Crippen molar-refractivity contribution in [3.8, 4) is 5.75 Å². The molecule has 3 aromatic rings. The average Bonchev–Trinajstić information content (AvgIpc) is 3.75. The van der Waals surface area contributed by atoms with Crippen LogP contribution in [0.2, 0.25) is 0 Å². The molecule has 2 atom stereocenters. The highest BCUT2D eigenvalue weighted by molar-refractivity contribution is 6.02. The molecular formula is C32H36F3N7O3. The van der Waals surface area contributed by atoms with E-state index in [1.165, 1.54) is 36.4 Å². The molecule has 238 valence electrons. The summed E-state index contributed by atoms with van der Waals surface area (Å²) in [5, 5.41) is 7.72. The van der Waals surface area contributed by atoms with Crippen LogP contribution in [-0.2, 0) is 15.8 Å². The van der Waals surface area contributed by atoms with Gasteiger partial charge in [0.15, 0.2) is 5.82 Å². The number of carbonyl (C=O) groups is 1. The zero-order valence-electron chi connectivity index (χ0n) is 25.2. The molecule has 3 aliphatic rings. The number of aromatic nitrogens is 2. The molecule has 6 rings (SSSR count). The Balaban J connectivity index is 1.27. The summed E-state index contributed by atoms with van der Waals surface area (Å²) < 4.78 is 46.0. The molecule has 13 heteroatoms. The smallest absolute Gasteiger partial charge is 0.416 e. The number of methoxy groups -OCH3 is 1. The molecule has 2 aliphatic heterocycles. The van der Waals surface area contributed by atoms with Gasteiger partial charge in [-0.05, 0) is 49.6 Å². The number of hydrogen-bond donors (Lipinski definition) is 2. The van der Waals surface area contributed by atoms with Crippen LogP contribution >= 0.6 is 0 Å². The van der Waals surface area contributed by atoms with Gasteiger partial charge in [0.25, 0.3) is 0 Å². The lowest BCUT2D eigenvalue weighted by atomic mass is 10.0. The van der Waals surface area contributed by atoms with Gasteiger partial charge in [-0.3, -0.25) is 14.5 Å². The molecule has 3 fully saturated rings. The van der Waals surface area contributed by atoms with Gasteiger partial charge in [-0.15, -0.1) is 0 Å². The summed E-state index contributed by atoms with van der Waals surface area (Å²) in [5.74, 6) is 0.981. The van der Waals surface area contributed by atoms with E-state index >= 15 is 0 Å². The zero-order valence-corrected chi connectivity index (χ0v) is 25.2. The Morgan fingerprint density at radius 3 is 2.64 bits per heavy atom. The lowest BCUT2D eigenvalue weighted by Gasteiger charge is -2.42. The van der Waals surface area contributed by atoms with Crippen molar-refractivity contribution in [1.29, 1.82) is 0 Å². The first-order chi connectivity index (χ1) is 21.6. The number of anilines is 5. The second-order valence-electron chi connectivity index (χ2n) is 11.5. The maximum atomic E-state index is 13.4. The van der Waals surface area contributed by atoms with Crippen molar-refractivity contribution in [3.05, 3.63) is 72.6 Å². The highest BCUT2D eigenvalue weighted by Crippen LogP contribution is 2.41. The van der Waals surface area contributed by atoms with Crippen molar-refractivity contribution < 1.29 is 27.5 Å². The van der Waals surface area contributed by atoms with E-state index in [4.69, 9.17) is 9.57 Å². The van der Waals surface area contributed by atoms with Gasteiger partial charge in [0.2, 0.25) is 5.91 Å².